The molecule has 27 heavy (non-hydrogen) atoms. The molecule has 0 aliphatic carbocycles. The smallest absolute Gasteiger partial charge is 0.250 e. The predicted octanol–water partition coefficient (Wildman–Crippen LogP) is 2.75. The molecule has 1 N–H and O–H groups in total. The fraction of sp³-hybridized carbons (Fsp3) is 0.158. The van der Waals surface area contributed by atoms with E-state index in [4.69, 9.17) is 0 Å². The van der Waals surface area contributed by atoms with Crippen molar-refractivity contribution in [3.8, 4) is 16.9 Å². The van der Waals surface area contributed by atoms with E-state index in [2.05, 4.69) is 30.6 Å². The fourth-order valence-electron chi connectivity index (χ4n) is 3.43. The lowest BCUT2D eigenvalue weighted by atomic mass is 10.0. The van der Waals surface area contributed by atoms with E-state index < -0.39 is 0 Å². The summed E-state index contributed by atoms with van der Waals surface area (Å²) in [5.74, 6) is 0.435. The Bertz CT molecular complexity index is 1070. The second kappa shape index (κ2) is 6.31. The molecule has 0 atom stereocenters. The van der Waals surface area contributed by atoms with Crippen LogP contribution >= 0.6 is 0 Å². The Morgan fingerprint density at radius 1 is 1.00 bits per heavy atom. The van der Waals surface area contributed by atoms with E-state index in [1.54, 1.807) is 16.8 Å². The van der Waals surface area contributed by atoms with E-state index >= 15 is 0 Å². The van der Waals surface area contributed by atoms with E-state index in [1.807, 2.05) is 30.3 Å². The molecule has 3 heterocycles. The standard InChI is InChI=1S/C19H16FN7/c20-14-8-6-13(7-9-14)18-16-12-26(11-10-17(16)21-22-18)19-23-24-25-27(19)15-4-2-1-3-5-15/h1-9H,10-12H2,(H,21,22). The fourth-order valence-corrected chi connectivity index (χ4v) is 3.43. The maximum Gasteiger partial charge on any atom is 0.250 e. The summed E-state index contributed by atoms with van der Waals surface area (Å²) >= 11 is 0. The molecule has 0 unspecified atom stereocenters. The maximum absolute atomic E-state index is 13.3. The third kappa shape index (κ3) is 2.75. The average molecular weight is 361 g/mol. The number of fused-ring (bicyclic) bond motifs is 1. The van der Waals surface area contributed by atoms with Gasteiger partial charge in [-0.25, -0.2) is 4.39 Å². The van der Waals surface area contributed by atoms with Crippen LogP contribution in [0.3, 0.4) is 0 Å². The van der Waals surface area contributed by atoms with Gasteiger partial charge < -0.3 is 4.90 Å². The zero-order valence-electron chi connectivity index (χ0n) is 14.4. The van der Waals surface area contributed by atoms with Crippen LogP contribution in [0.1, 0.15) is 11.3 Å². The van der Waals surface area contributed by atoms with Crippen molar-refractivity contribution in [2.75, 3.05) is 11.4 Å². The number of nitrogens with one attached hydrogen (secondary N) is 1. The summed E-state index contributed by atoms with van der Waals surface area (Å²) in [6.07, 6.45) is 0.811. The molecule has 8 heteroatoms. The largest absolute Gasteiger partial charge is 0.335 e. The molecule has 2 aromatic heterocycles. The maximum atomic E-state index is 13.3. The average Bonchev–Trinajstić information content (AvgIpc) is 3.36. The van der Waals surface area contributed by atoms with Crippen molar-refractivity contribution in [2.24, 2.45) is 0 Å². The number of halogens is 1. The minimum Gasteiger partial charge on any atom is -0.335 e. The molecule has 0 saturated carbocycles. The second-order valence-corrected chi connectivity index (χ2v) is 6.43. The first-order valence-electron chi connectivity index (χ1n) is 8.70. The number of para-hydroxylation sites is 1. The monoisotopic (exact) mass is 361 g/mol. The van der Waals surface area contributed by atoms with Gasteiger partial charge in [-0.1, -0.05) is 23.3 Å². The van der Waals surface area contributed by atoms with Gasteiger partial charge in [0.1, 0.15) is 5.82 Å². The second-order valence-electron chi connectivity index (χ2n) is 6.43. The first kappa shape index (κ1) is 15.7. The van der Waals surface area contributed by atoms with Crippen LogP contribution in [-0.4, -0.2) is 36.9 Å². The van der Waals surface area contributed by atoms with Crippen molar-refractivity contribution in [1.82, 2.24) is 30.4 Å². The first-order valence-corrected chi connectivity index (χ1v) is 8.70. The summed E-state index contributed by atoms with van der Waals surface area (Å²) in [7, 11) is 0. The highest BCUT2D eigenvalue weighted by Crippen LogP contribution is 2.30. The first-order chi connectivity index (χ1) is 13.3. The summed E-state index contributed by atoms with van der Waals surface area (Å²) in [6, 6.07) is 16.2. The summed E-state index contributed by atoms with van der Waals surface area (Å²) < 4.78 is 15.0. The van der Waals surface area contributed by atoms with Crippen LogP contribution in [0.2, 0.25) is 0 Å². The molecule has 1 aliphatic heterocycles. The van der Waals surface area contributed by atoms with Gasteiger partial charge in [0.15, 0.2) is 0 Å². The minimum absolute atomic E-state index is 0.258. The van der Waals surface area contributed by atoms with Crippen LogP contribution in [0.5, 0.6) is 0 Å². The molecular weight excluding hydrogens is 345 g/mol. The molecule has 0 saturated heterocycles. The van der Waals surface area contributed by atoms with Crippen LogP contribution in [0, 0.1) is 5.82 Å². The number of hydrogen-bond donors (Lipinski definition) is 1. The molecule has 4 aromatic rings. The van der Waals surface area contributed by atoms with Crippen molar-refractivity contribution in [3.63, 3.8) is 0 Å². The van der Waals surface area contributed by atoms with Crippen molar-refractivity contribution in [1.29, 1.82) is 0 Å². The summed E-state index contributed by atoms with van der Waals surface area (Å²) in [5, 5.41) is 19.8. The van der Waals surface area contributed by atoms with Gasteiger partial charge in [0.2, 0.25) is 0 Å². The molecule has 2 aromatic carbocycles. The molecule has 0 fully saturated rings. The third-order valence-electron chi connectivity index (χ3n) is 4.79. The van der Waals surface area contributed by atoms with Crippen molar-refractivity contribution >= 4 is 5.95 Å². The van der Waals surface area contributed by atoms with Crippen LogP contribution < -0.4 is 4.90 Å². The molecule has 134 valence electrons. The number of anilines is 1. The number of H-pyrrole nitrogens is 1. The van der Waals surface area contributed by atoms with E-state index in [0.29, 0.717) is 12.5 Å². The summed E-state index contributed by atoms with van der Waals surface area (Å²) in [6.45, 7) is 1.41. The van der Waals surface area contributed by atoms with Gasteiger partial charge in [0.25, 0.3) is 5.95 Å². The number of rotatable bonds is 3. The Morgan fingerprint density at radius 3 is 2.63 bits per heavy atom. The van der Waals surface area contributed by atoms with Crippen molar-refractivity contribution in [2.45, 2.75) is 13.0 Å². The van der Waals surface area contributed by atoms with Gasteiger partial charge in [-0.3, -0.25) is 5.10 Å². The number of aromatic amines is 1. The van der Waals surface area contributed by atoms with Gasteiger partial charge in [0, 0.05) is 36.3 Å². The molecule has 0 radical (unpaired) electrons. The lowest BCUT2D eigenvalue weighted by Gasteiger charge is -2.27. The van der Waals surface area contributed by atoms with Gasteiger partial charge in [-0.15, -0.1) is 0 Å². The molecule has 1 aliphatic rings. The Labute approximate surface area is 154 Å². The molecule has 0 bridgehead atoms. The number of aromatic nitrogens is 6. The van der Waals surface area contributed by atoms with Crippen LogP contribution in [0.15, 0.2) is 54.6 Å². The van der Waals surface area contributed by atoms with Crippen LogP contribution in [-0.2, 0) is 13.0 Å². The molecule has 7 nitrogen and oxygen atoms in total. The zero-order valence-corrected chi connectivity index (χ0v) is 14.4. The highest BCUT2D eigenvalue weighted by Gasteiger charge is 2.26. The summed E-state index contributed by atoms with van der Waals surface area (Å²) in [4.78, 5) is 2.14. The highest BCUT2D eigenvalue weighted by molar-refractivity contribution is 5.65. The minimum atomic E-state index is -0.258. The third-order valence-corrected chi connectivity index (χ3v) is 4.79. The zero-order chi connectivity index (χ0) is 18.2. The Morgan fingerprint density at radius 2 is 1.81 bits per heavy atom. The lowest BCUT2D eigenvalue weighted by Crippen LogP contribution is -2.32. The number of tetrazole rings is 1. The SMILES string of the molecule is Fc1ccc(-c2n[nH]c3c2CN(c2nnnn2-c2ccccc2)CC3)cc1. The highest BCUT2D eigenvalue weighted by atomic mass is 19.1. The van der Waals surface area contributed by atoms with E-state index in [9.17, 15) is 4.39 Å². The van der Waals surface area contributed by atoms with Crippen molar-refractivity contribution < 1.29 is 4.39 Å². The normalized spacial score (nSPS) is 13.6. The van der Waals surface area contributed by atoms with Crippen LogP contribution in [0.4, 0.5) is 10.3 Å². The van der Waals surface area contributed by atoms with E-state index in [0.717, 1.165) is 41.2 Å². The Kier molecular flexibility index (Phi) is 3.67. The van der Waals surface area contributed by atoms with E-state index in [1.165, 1.54) is 12.1 Å². The topological polar surface area (TPSA) is 75.5 Å². The number of nitrogens with zero attached hydrogens (tertiary/aromatic N) is 6. The quantitative estimate of drug-likeness (QED) is 0.607. The summed E-state index contributed by atoms with van der Waals surface area (Å²) in [5.41, 5.74) is 4.83. The van der Waals surface area contributed by atoms with E-state index in [-0.39, 0.29) is 5.82 Å². The molecule has 0 amide bonds. The molecule has 0 spiro atoms. The van der Waals surface area contributed by atoms with Gasteiger partial charge in [-0.05, 0) is 46.8 Å². The number of hydrogen-bond acceptors (Lipinski definition) is 5. The molecule has 5 rings (SSSR count). The van der Waals surface area contributed by atoms with Gasteiger partial charge in [0.05, 0.1) is 11.4 Å². The van der Waals surface area contributed by atoms with Crippen molar-refractivity contribution in [3.05, 3.63) is 71.7 Å². The van der Waals surface area contributed by atoms with Gasteiger partial charge in [-0.2, -0.15) is 9.78 Å². The van der Waals surface area contributed by atoms with Crippen LogP contribution in [0.25, 0.3) is 16.9 Å². The Balaban J connectivity index is 1.50. The predicted molar refractivity (Wildman–Crippen MR) is 97.9 cm³/mol. The molecular formula is C19H16FN7. The number of benzene rings is 2. The Hall–Kier alpha value is -3.55. The van der Waals surface area contributed by atoms with Gasteiger partial charge >= 0.3 is 0 Å². The lowest BCUT2D eigenvalue weighted by molar-refractivity contribution is 0.628.